The van der Waals surface area contributed by atoms with Gasteiger partial charge in [0, 0.05) is 0 Å². The number of amides is 2. The molecule has 22 heavy (non-hydrogen) atoms. The quantitative estimate of drug-likeness (QED) is 0.378. The summed E-state index contributed by atoms with van der Waals surface area (Å²) in [6.07, 6.45) is 0.793. The van der Waals surface area contributed by atoms with E-state index in [-0.39, 0.29) is 16.4 Å². The molecule has 0 saturated carbocycles. The van der Waals surface area contributed by atoms with Crippen molar-refractivity contribution in [2.45, 2.75) is 10.8 Å². The Morgan fingerprint density at radius 3 is 2.59 bits per heavy atom. The van der Waals surface area contributed by atoms with Gasteiger partial charge in [-0.3, -0.25) is 0 Å². The summed E-state index contributed by atoms with van der Waals surface area (Å²) in [6, 6.07) is 0. The molecule has 126 valence electrons. The standard InChI is InChI=1S/C14H24IN3O4/c1-12-14(22)18-5-3-15(12)2-4-16(10-13(20)21)6-7-17(11-19)8-9-18/h11-12H,2-10H2,1H3,(H,20,21)/t12-/m0/s1. The second kappa shape index (κ2) is 8.09. The van der Waals surface area contributed by atoms with Crippen LogP contribution >= 0.6 is 19.8 Å². The first kappa shape index (κ1) is 17.5. The molecule has 0 aromatic carbocycles. The van der Waals surface area contributed by atoms with Crippen LogP contribution in [0.15, 0.2) is 0 Å². The van der Waals surface area contributed by atoms with Crippen LogP contribution in [0.2, 0.25) is 0 Å². The van der Waals surface area contributed by atoms with Gasteiger partial charge >= 0.3 is 138 Å². The minimum atomic E-state index is -1.36. The van der Waals surface area contributed by atoms with Gasteiger partial charge in [-0.05, 0) is 0 Å². The SMILES string of the molecule is C[C@H]1C(=O)N2CCN(C=O)CCN(CC(=O)O)CCI1CC2. The van der Waals surface area contributed by atoms with Crippen molar-refractivity contribution >= 4 is 38.1 Å². The number of carbonyl (C=O) groups is 3. The summed E-state index contributed by atoms with van der Waals surface area (Å²) < 4.78 is 2.23. The first-order chi connectivity index (χ1) is 10.5. The van der Waals surface area contributed by atoms with Gasteiger partial charge in [0.1, 0.15) is 0 Å². The van der Waals surface area contributed by atoms with Crippen molar-refractivity contribution in [2.75, 3.05) is 54.7 Å². The molecule has 0 aromatic rings. The number of nitrogens with zero attached hydrogens (tertiary/aromatic N) is 3. The van der Waals surface area contributed by atoms with Crippen molar-refractivity contribution in [3.05, 3.63) is 0 Å². The van der Waals surface area contributed by atoms with Crippen LogP contribution in [0.3, 0.4) is 0 Å². The van der Waals surface area contributed by atoms with E-state index in [0.717, 1.165) is 28.4 Å². The number of alkyl halides is 3. The number of carboxylic acid groups (broad SMARTS) is 1. The number of hydrogen-bond donors (Lipinski definition) is 1. The fourth-order valence-corrected chi connectivity index (χ4v) is 8.83. The summed E-state index contributed by atoms with van der Waals surface area (Å²) in [6.45, 7) is 5.78. The van der Waals surface area contributed by atoms with Crippen molar-refractivity contribution in [2.24, 2.45) is 0 Å². The molecule has 0 aromatic heterocycles. The van der Waals surface area contributed by atoms with E-state index in [0.29, 0.717) is 26.2 Å². The Kier molecular flexibility index (Phi) is 6.42. The molecule has 8 heteroatoms. The normalized spacial score (nSPS) is 26.5. The third-order valence-corrected chi connectivity index (χ3v) is 11.1. The van der Waals surface area contributed by atoms with Crippen molar-refractivity contribution < 1.29 is 19.5 Å². The van der Waals surface area contributed by atoms with Crippen molar-refractivity contribution in [3.63, 3.8) is 0 Å². The van der Waals surface area contributed by atoms with Crippen molar-refractivity contribution in [3.8, 4) is 0 Å². The Hall–Kier alpha value is -0.900. The predicted molar refractivity (Wildman–Crippen MR) is 91.5 cm³/mol. The maximum absolute atomic E-state index is 12.4. The average molecular weight is 425 g/mol. The number of aliphatic carboxylic acids is 1. The van der Waals surface area contributed by atoms with Gasteiger partial charge in [0.25, 0.3) is 0 Å². The summed E-state index contributed by atoms with van der Waals surface area (Å²) in [5.74, 6) is -0.611. The van der Waals surface area contributed by atoms with Crippen LogP contribution in [-0.2, 0) is 14.4 Å². The molecule has 0 unspecified atom stereocenters. The Morgan fingerprint density at radius 2 is 1.91 bits per heavy atom. The van der Waals surface area contributed by atoms with Crippen LogP contribution in [0.25, 0.3) is 0 Å². The number of fused-ring (bicyclic) bond motifs is 9. The third-order valence-electron chi connectivity index (χ3n) is 4.22. The molecule has 0 aliphatic carbocycles. The fraction of sp³-hybridized carbons (Fsp3) is 0.786. The van der Waals surface area contributed by atoms with Gasteiger partial charge in [-0.15, -0.1) is 0 Å². The van der Waals surface area contributed by atoms with Gasteiger partial charge in [-0.2, -0.15) is 0 Å². The van der Waals surface area contributed by atoms with E-state index >= 15 is 0 Å². The van der Waals surface area contributed by atoms with Crippen LogP contribution in [0.1, 0.15) is 6.92 Å². The van der Waals surface area contributed by atoms with Gasteiger partial charge in [0.15, 0.2) is 0 Å². The molecule has 3 heterocycles. The van der Waals surface area contributed by atoms with E-state index in [9.17, 15) is 14.4 Å². The van der Waals surface area contributed by atoms with Gasteiger partial charge in [0.2, 0.25) is 0 Å². The van der Waals surface area contributed by atoms with E-state index in [1.54, 1.807) is 4.90 Å². The molecule has 1 N–H and O–H groups in total. The molecule has 3 rings (SSSR count). The second-order valence-corrected chi connectivity index (χ2v) is 12.5. The van der Waals surface area contributed by atoms with Crippen molar-refractivity contribution in [1.29, 1.82) is 0 Å². The Morgan fingerprint density at radius 1 is 1.23 bits per heavy atom. The van der Waals surface area contributed by atoms with Gasteiger partial charge in [-0.1, -0.05) is 0 Å². The van der Waals surface area contributed by atoms with E-state index in [1.165, 1.54) is 0 Å². The predicted octanol–water partition coefficient (Wildman–Crippen LogP) is -0.418. The summed E-state index contributed by atoms with van der Waals surface area (Å²) >= 11 is -1.36. The summed E-state index contributed by atoms with van der Waals surface area (Å²) in [7, 11) is 0. The van der Waals surface area contributed by atoms with E-state index in [4.69, 9.17) is 5.11 Å². The van der Waals surface area contributed by atoms with Crippen LogP contribution in [0.4, 0.5) is 0 Å². The van der Waals surface area contributed by atoms with Gasteiger partial charge in [-0.25, -0.2) is 0 Å². The van der Waals surface area contributed by atoms with E-state index in [2.05, 4.69) is 0 Å². The molecule has 0 radical (unpaired) electrons. The van der Waals surface area contributed by atoms with Crippen molar-refractivity contribution in [1.82, 2.24) is 14.7 Å². The summed E-state index contributed by atoms with van der Waals surface area (Å²) in [5, 5.41) is 9.03. The average Bonchev–Trinajstić information content (AvgIpc) is 2.47. The third kappa shape index (κ3) is 4.55. The Bertz CT molecular complexity index is 434. The van der Waals surface area contributed by atoms with Gasteiger partial charge < -0.3 is 0 Å². The molecule has 3 aliphatic rings. The maximum atomic E-state index is 12.4. The summed E-state index contributed by atoms with van der Waals surface area (Å²) in [5.41, 5.74) is 0. The number of carbonyl (C=O) groups excluding carboxylic acids is 2. The summed E-state index contributed by atoms with van der Waals surface area (Å²) in [4.78, 5) is 40.0. The van der Waals surface area contributed by atoms with Gasteiger partial charge in [0.05, 0.1) is 0 Å². The molecular formula is C14H24IN3O4. The first-order valence-electron chi connectivity index (χ1n) is 7.54. The zero-order valence-corrected chi connectivity index (χ0v) is 15.1. The zero-order valence-electron chi connectivity index (χ0n) is 12.9. The monoisotopic (exact) mass is 425 g/mol. The van der Waals surface area contributed by atoms with E-state index in [1.807, 2.05) is 16.7 Å². The molecular weight excluding hydrogens is 401 g/mol. The number of hydrogen-bond acceptors (Lipinski definition) is 4. The number of rotatable bonds is 3. The molecule has 7 nitrogen and oxygen atoms in total. The minimum absolute atomic E-state index is 0.00510. The first-order valence-corrected chi connectivity index (χ1v) is 11.8. The fourth-order valence-electron chi connectivity index (χ4n) is 2.77. The second-order valence-electron chi connectivity index (χ2n) is 5.63. The topological polar surface area (TPSA) is 81.2 Å². The van der Waals surface area contributed by atoms with Crippen LogP contribution < -0.4 is 0 Å². The van der Waals surface area contributed by atoms with Crippen LogP contribution in [-0.4, -0.2) is 96.7 Å². The molecule has 3 fully saturated rings. The number of carboxylic acids is 1. The van der Waals surface area contributed by atoms with Crippen LogP contribution in [0.5, 0.6) is 0 Å². The molecule has 3 saturated heterocycles. The molecule has 1 atom stereocenters. The number of halogens is 1. The van der Waals surface area contributed by atoms with E-state index < -0.39 is 25.8 Å². The molecule has 0 spiro atoms. The molecule has 2 amide bonds. The molecule has 3 aliphatic heterocycles. The van der Waals surface area contributed by atoms with Crippen LogP contribution in [0, 0.1) is 0 Å². The zero-order chi connectivity index (χ0) is 16.1. The molecule has 2 bridgehead atoms. The Labute approximate surface area is 138 Å². The Balaban J connectivity index is 2.09.